The molecule has 0 aliphatic rings. The number of carbonyl (C=O) groups is 1. The molecule has 100 valence electrons. The summed E-state index contributed by atoms with van der Waals surface area (Å²) in [4.78, 5) is 11.3. The maximum absolute atomic E-state index is 13.1. The van der Waals surface area contributed by atoms with Crippen LogP contribution in [0.25, 0.3) is 0 Å². The molecule has 0 radical (unpaired) electrons. The van der Waals surface area contributed by atoms with Crippen LogP contribution in [0.5, 0.6) is 0 Å². The number of carbonyl (C=O) groups excluding carboxylic acids is 1. The summed E-state index contributed by atoms with van der Waals surface area (Å²) < 4.78 is 48.5. The maximum atomic E-state index is 13.1. The highest BCUT2D eigenvalue weighted by molar-refractivity contribution is 5.92. The zero-order valence-electron chi connectivity index (χ0n) is 9.35. The van der Waals surface area contributed by atoms with E-state index in [0.717, 1.165) is 0 Å². The maximum Gasteiger partial charge on any atom is 0.390 e. The number of halogens is 4. The first kappa shape index (κ1) is 14.4. The fourth-order valence-electron chi connectivity index (χ4n) is 1.19. The molecule has 0 atom stereocenters. The number of amides is 1. The van der Waals surface area contributed by atoms with Gasteiger partial charge in [-0.2, -0.15) is 13.2 Å². The van der Waals surface area contributed by atoms with Crippen LogP contribution in [-0.2, 0) is 4.79 Å². The molecule has 1 rings (SSSR count). The largest absolute Gasteiger partial charge is 0.390 e. The molecule has 1 aromatic carbocycles. The van der Waals surface area contributed by atoms with Crippen molar-refractivity contribution < 1.29 is 22.4 Å². The molecule has 0 spiro atoms. The van der Waals surface area contributed by atoms with E-state index in [4.69, 9.17) is 0 Å². The van der Waals surface area contributed by atoms with Gasteiger partial charge in [0.15, 0.2) is 0 Å². The minimum Gasteiger partial charge on any atom is -0.322 e. The van der Waals surface area contributed by atoms with E-state index in [2.05, 4.69) is 10.6 Å². The van der Waals surface area contributed by atoms with E-state index >= 15 is 0 Å². The molecule has 0 heterocycles. The van der Waals surface area contributed by atoms with Gasteiger partial charge in [0, 0.05) is 6.54 Å². The van der Waals surface area contributed by atoms with E-state index in [-0.39, 0.29) is 18.8 Å². The number of hydrogen-bond donors (Lipinski definition) is 2. The van der Waals surface area contributed by atoms with Crippen LogP contribution >= 0.6 is 0 Å². The lowest BCUT2D eigenvalue weighted by molar-refractivity contribution is -0.134. The fraction of sp³-hybridized carbons (Fsp3) is 0.364. The second-order valence-corrected chi connectivity index (χ2v) is 3.57. The normalized spacial score (nSPS) is 11.3. The molecular formula is C11H12F4N2O. The van der Waals surface area contributed by atoms with Gasteiger partial charge in [-0.1, -0.05) is 12.1 Å². The molecule has 3 nitrogen and oxygen atoms in total. The smallest absolute Gasteiger partial charge is 0.322 e. The summed E-state index contributed by atoms with van der Waals surface area (Å²) in [5, 5.41) is 4.58. The Morgan fingerprint density at radius 2 is 1.89 bits per heavy atom. The second kappa shape index (κ2) is 6.34. The molecule has 1 amide bonds. The zero-order valence-corrected chi connectivity index (χ0v) is 9.35. The van der Waals surface area contributed by atoms with Gasteiger partial charge in [-0.25, -0.2) is 4.39 Å². The Morgan fingerprint density at radius 1 is 1.22 bits per heavy atom. The summed E-state index contributed by atoms with van der Waals surface area (Å²) in [5.74, 6) is -1.19. The molecule has 2 N–H and O–H groups in total. The van der Waals surface area contributed by atoms with Crippen molar-refractivity contribution in [3.63, 3.8) is 0 Å². The lowest BCUT2D eigenvalue weighted by Crippen LogP contribution is -2.30. The third-order valence-corrected chi connectivity index (χ3v) is 2.02. The molecular weight excluding hydrogens is 252 g/mol. The summed E-state index contributed by atoms with van der Waals surface area (Å²) in [7, 11) is 0. The fourth-order valence-corrected chi connectivity index (χ4v) is 1.19. The lowest BCUT2D eigenvalue weighted by atomic mass is 10.3. The molecule has 1 aromatic rings. The van der Waals surface area contributed by atoms with E-state index in [1.807, 2.05) is 0 Å². The topological polar surface area (TPSA) is 41.1 Å². The standard InChI is InChI=1S/C11H12F4N2O/c12-8-3-1-2-4-9(8)17-10(18)7-16-6-5-11(13,14)15/h1-4,16H,5-7H2,(H,17,18). The van der Waals surface area contributed by atoms with Crippen LogP contribution in [0.15, 0.2) is 24.3 Å². The van der Waals surface area contributed by atoms with E-state index in [0.29, 0.717) is 0 Å². The van der Waals surface area contributed by atoms with Crippen molar-refractivity contribution >= 4 is 11.6 Å². The van der Waals surface area contributed by atoms with Crippen molar-refractivity contribution in [2.45, 2.75) is 12.6 Å². The number of anilines is 1. The summed E-state index contributed by atoms with van der Waals surface area (Å²) >= 11 is 0. The van der Waals surface area contributed by atoms with Crippen LogP contribution < -0.4 is 10.6 Å². The average molecular weight is 264 g/mol. The molecule has 0 aliphatic heterocycles. The molecule has 0 aliphatic carbocycles. The van der Waals surface area contributed by atoms with Crippen molar-refractivity contribution in [3.05, 3.63) is 30.1 Å². The van der Waals surface area contributed by atoms with Crippen molar-refractivity contribution in [1.29, 1.82) is 0 Å². The van der Waals surface area contributed by atoms with Gasteiger partial charge in [0.1, 0.15) is 5.82 Å². The minimum absolute atomic E-state index is 0.000112. The van der Waals surface area contributed by atoms with Gasteiger partial charge in [0.05, 0.1) is 18.7 Å². The Hall–Kier alpha value is -1.63. The van der Waals surface area contributed by atoms with Crippen LogP contribution in [0.3, 0.4) is 0 Å². The first-order valence-electron chi connectivity index (χ1n) is 5.20. The number of benzene rings is 1. The van der Waals surface area contributed by atoms with Crippen LogP contribution in [0.1, 0.15) is 6.42 Å². The van der Waals surface area contributed by atoms with E-state index in [1.165, 1.54) is 24.3 Å². The Morgan fingerprint density at radius 3 is 2.50 bits per heavy atom. The highest BCUT2D eigenvalue weighted by Crippen LogP contribution is 2.18. The molecule has 7 heteroatoms. The zero-order chi connectivity index (χ0) is 13.6. The van der Waals surface area contributed by atoms with Crippen LogP contribution in [0.2, 0.25) is 0 Å². The van der Waals surface area contributed by atoms with Gasteiger partial charge < -0.3 is 10.6 Å². The first-order chi connectivity index (χ1) is 8.38. The first-order valence-corrected chi connectivity index (χ1v) is 5.20. The third kappa shape index (κ3) is 5.62. The van der Waals surface area contributed by atoms with Crippen molar-refractivity contribution in [2.75, 3.05) is 18.4 Å². The average Bonchev–Trinajstić information content (AvgIpc) is 2.26. The predicted molar refractivity (Wildman–Crippen MR) is 58.6 cm³/mol. The number of alkyl halides is 3. The van der Waals surface area contributed by atoms with Gasteiger partial charge >= 0.3 is 6.18 Å². The molecule has 18 heavy (non-hydrogen) atoms. The minimum atomic E-state index is -4.25. The molecule has 0 bridgehead atoms. The van der Waals surface area contributed by atoms with E-state index in [9.17, 15) is 22.4 Å². The number of rotatable bonds is 5. The Bertz CT molecular complexity index is 406. The van der Waals surface area contributed by atoms with Gasteiger partial charge in [0.2, 0.25) is 5.91 Å². The Balaban J connectivity index is 2.29. The van der Waals surface area contributed by atoms with Crippen molar-refractivity contribution in [3.8, 4) is 0 Å². The highest BCUT2D eigenvalue weighted by Gasteiger charge is 2.26. The van der Waals surface area contributed by atoms with Gasteiger partial charge in [0.25, 0.3) is 0 Å². The molecule has 0 saturated heterocycles. The van der Waals surface area contributed by atoms with Gasteiger partial charge in [-0.05, 0) is 12.1 Å². The summed E-state index contributed by atoms with van der Waals surface area (Å²) in [6, 6.07) is 5.54. The van der Waals surface area contributed by atoms with Crippen molar-refractivity contribution in [2.24, 2.45) is 0 Å². The van der Waals surface area contributed by atoms with Gasteiger partial charge in [-0.15, -0.1) is 0 Å². The summed E-state index contributed by atoms with van der Waals surface area (Å²) in [6.45, 7) is -0.654. The van der Waals surface area contributed by atoms with Gasteiger partial charge in [-0.3, -0.25) is 4.79 Å². The third-order valence-electron chi connectivity index (χ3n) is 2.02. The van der Waals surface area contributed by atoms with Crippen LogP contribution in [0.4, 0.5) is 23.2 Å². The Kier molecular flexibility index (Phi) is 5.08. The van der Waals surface area contributed by atoms with Crippen molar-refractivity contribution in [1.82, 2.24) is 5.32 Å². The van der Waals surface area contributed by atoms with E-state index in [1.54, 1.807) is 0 Å². The SMILES string of the molecule is O=C(CNCCC(F)(F)F)Nc1ccccc1F. The highest BCUT2D eigenvalue weighted by atomic mass is 19.4. The summed E-state index contributed by atoms with van der Waals surface area (Å²) in [6.07, 6.45) is -5.27. The number of hydrogen-bond acceptors (Lipinski definition) is 2. The predicted octanol–water partition coefficient (Wildman–Crippen LogP) is 2.31. The monoisotopic (exact) mass is 264 g/mol. The lowest BCUT2D eigenvalue weighted by Gasteiger charge is -2.08. The summed E-state index contributed by atoms with van der Waals surface area (Å²) in [5.41, 5.74) is 0.000112. The molecule has 0 fully saturated rings. The second-order valence-electron chi connectivity index (χ2n) is 3.57. The molecule has 0 unspecified atom stereocenters. The molecule has 0 saturated carbocycles. The number of para-hydroxylation sites is 1. The molecule has 0 aromatic heterocycles. The van der Waals surface area contributed by atoms with Crippen LogP contribution in [-0.4, -0.2) is 25.2 Å². The number of nitrogens with one attached hydrogen (secondary N) is 2. The Labute approximate surface area is 101 Å². The van der Waals surface area contributed by atoms with Crippen LogP contribution in [0, 0.1) is 5.82 Å². The van der Waals surface area contributed by atoms with E-state index < -0.39 is 24.3 Å². The quantitative estimate of drug-likeness (QED) is 0.633.